The molecule has 6 nitrogen and oxygen atoms in total. The number of carbonyl (C=O) groups excluding carboxylic acids is 1. The lowest BCUT2D eigenvalue weighted by atomic mass is 10.2. The third kappa shape index (κ3) is 4.43. The van der Waals surface area contributed by atoms with Crippen LogP contribution in [0.2, 0.25) is 10.0 Å². The minimum absolute atomic E-state index is 0.0534. The third-order valence-electron chi connectivity index (χ3n) is 3.39. The predicted octanol–water partition coefficient (Wildman–Crippen LogP) is 3.17. The van der Waals surface area contributed by atoms with Gasteiger partial charge >= 0.3 is 0 Å². The third-order valence-corrected chi connectivity index (χ3v) is 3.94. The van der Waals surface area contributed by atoms with E-state index in [4.69, 9.17) is 27.6 Å². The molecule has 0 saturated carbocycles. The second kappa shape index (κ2) is 7.77. The van der Waals surface area contributed by atoms with Crippen LogP contribution >= 0.6 is 23.2 Å². The fraction of sp³-hybridized carbons (Fsp3) is 0.400. The average molecular weight is 357 g/mol. The van der Waals surface area contributed by atoms with Gasteiger partial charge in [0.2, 0.25) is 17.7 Å². The summed E-state index contributed by atoms with van der Waals surface area (Å²) in [6.45, 7) is 4.61. The van der Waals surface area contributed by atoms with Crippen LogP contribution in [0, 0.1) is 0 Å². The van der Waals surface area contributed by atoms with Gasteiger partial charge in [0.05, 0.1) is 23.2 Å². The molecule has 0 fully saturated rings. The number of nitrogens with zero attached hydrogens (tertiary/aromatic N) is 3. The number of nitrogens with one attached hydrogen (secondary N) is 1. The number of rotatable bonds is 6. The van der Waals surface area contributed by atoms with Gasteiger partial charge in [0.15, 0.2) is 0 Å². The first-order chi connectivity index (χ1) is 10.9. The van der Waals surface area contributed by atoms with Crippen LogP contribution in [0.4, 0.5) is 0 Å². The van der Waals surface area contributed by atoms with Gasteiger partial charge in [0.25, 0.3) is 0 Å². The van der Waals surface area contributed by atoms with Crippen molar-refractivity contribution in [1.29, 1.82) is 0 Å². The normalized spacial score (nSPS) is 12.4. The fourth-order valence-electron chi connectivity index (χ4n) is 1.98. The van der Waals surface area contributed by atoms with Crippen LogP contribution in [0.1, 0.15) is 25.8 Å². The highest BCUT2D eigenvalue weighted by atomic mass is 35.5. The van der Waals surface area contributed by atoms with E-state index < -0.39 is 0 Å². The maximum Gasteiger partial charge on any atom is 0.249 e. The second-order valence-corrected chi connectivity index (χ2v) is 5.96. The van der Waals surface area contributed by atoms with Crippen molar-refractivity contribution in [3.05, 3.63) is 34.1 Å². The number of likely N-dealkylation sites (N-methyl/N-ethyl adjacent to an activating group) is 2. The van der Waals surface area contributed by atoms with Gasteiger partial charge in [-0.3, -0.25) is 9.69 Å². The topological polar surface area (TPSA) is 71.3 Å². The van der Waals surface area contributed by atoms with E-state index in [1.165, 1.54) is 0 Å². The molecule has 1 aromatic carbocycles. The molecular weight excluding hydrogens is 339 g/mol. The summed E-state index contributed by atoms with van der Waals surface area (Å²) in [4.78, 5) is 13.5. The summed E-state index contributed by atoms with van der Waals surface area (Å²) < 4.78 is 5.69. The molecule has 1 aromatic heterocycles. The monoisotopic (exact) mass is 356 g/mol. The molecule has 2 aromatic rings. The first-order valence-electron chi connectivity index (χ1n) is 7.18. The molecule has 2 rings (SSSR count). The fourth-order valence-corrected chi connectivity index (χ4v) is 2.47. The highest BCUT2D eigenvalue weighted by Gasteiger charge is 2.21. The summed E-state index contributed by atoms with van der Waals surface area (Å²) in [5.41, 5.74) is 0.619. The van der Waals surface area contributed by atoms with E-state index in [0.29, 0.717) is 33.9 Å². The van der Waals surface area contributed by atoms with E-state index in [1.807, 2.05) is 25.8 Å². The van der Waals surface area contributed by atoms with Gasteiger partial charge in [0, 0.05) is 11.6 Å². The molecule has 0 bridgehead atoms. The molecule has 8 heteroatoms. The van der Waals surface area contributed by atoms with Crippen LogP contribution in [-0.4, -0.2) is 41.1 Å². The van der Waals surface area contributed by atoms with E-state index in [1.54, 1.807) is 18.2 Å². The minimum Gasteiger partial charge on any atom is -0.419 e. The van der Waals surface area contributed by atoms with Crippen molar-refractivity contribution in [3.8, 4) is 11.5 Å². The summed E-state index contributed by atoms with van der Waals surface area (Å²) in [7, 11) is 1.82. The summed E-state index contributed by atoms with van der Waals surface area (Å²) >= 11 is 12.0. The molecule has 0 unspecified atom stereocenters. The van der Waals surface area contributed by atoms with Crippen LogP contribution in [0.15, 0.2) is 22.6 Å². The van der Waals surface area contributed by atoms with E-state index in [0.717, 1.165) is 0 Å². The lowest BCUT2D eigenvalue weighted by Gasteiger charge is -2.20. The number of halogens is 2. The Labute approximate surface area is 144 Å². The smallest absolute Gasteiger partial charge is 0.249 e. The maximum absolute atomic E-state index is 11.6. The SMILES string of the molecule is CCNC(=O)CN(C)[C@@H](C)c1nnc(-c2ccc(Cl)cc2Cl)o1. The van der Waals surface area contributed by atoms with E-state index in [9.17, 15) is 4.79 Å². The van der Waals surface area contributed by atoms with Gasteiger partial charge < -0.3 is 9.73 Å². The lowest BCUT2D eigenvalue weighted by Crippen LogP contribution is -2.36. The van der Waals surface area contributed by atoms with Gasteiger partial charge in [-0.15, -0.1) is 10.2 Å². The largest absolute Gasteiger partial charge is 0.419 e. The number of amides is 1. The summed E-state index contributed by atoms with van der Waals surface area (Å²) in [5.74, 6) is 0.681. The van der Waals surface area contributed by atoms with Crippen LogP contribution in [0.25, 0.3) is 11.5 Å². The minimum atomic E-state index is -0.204. The molecule has 0 aliphatic rings. The highest BCUT2D eigenvalue weighted by molar-refractivity contribution is 6.36. The summed E-state index contributed by atoms with van der Waals surface area (Å²) in [6.07, 6.45) is 0. The molecular formula is C15H18Cl2N4O2. The zero-order valence-electron chi connectivity index (χ0n) is 13.1. The summed E-state index contributed by atoms with van der Waals surface area (Å²) in [5, 5.41) is 11.8. The number of hydrogen-bond donors (Lipinski definition) is 1. The van der Waals surface area contributed by atoms with Crippen LogP contribution in [-0.2, 0) is 4.79 Å². The zero-order valence-corrected chi connectivity index (χ0v) is 14.6. The molecule has 0 aliphatic carbocycles. The zero-order chi connectivity index (χ0) is 17.0. The Kier molecular flexibility index (Phi) is 5.98. The standard InChI is InChI=1S/C15H18Cl2N4O2/c1-4-18-13(22)8-21(3)9(2)14-19-20-15(23-14)11-6-5-10(16)7-12(11)17/h5-7,9H,4,8H2,1-3H3,(H,18,22)/t9-/m0/s1. The predicted molar refractivity (Wildman–Crippen MR) is 89.5 cm³/mol. The Bertz CT molecular complexity index is 690. The van der Waals surface area contributed by atoms with Crippen molar-refractivity contribution in [3.63, 3.8) is 0 Å². The molecule has 1 atom stereocenters. The highest BCUT2D eigenvalue weighted by Crippen LogP contribution is 2.30. The molecule has 0 saturated heterocycles. The quantitative estimate of drug-likeness (QED) is 0.860. The van der Waals surface area contributed by atoms with Gasteiger partial charge in [0.1, 0.15) is 0 Å². The van der Waals surface area contributed by atoms with Crippen molar-refractivity contribution in [2.45, 2.75) is 19.9 Å². The number of hydrogen-bond acceptors (Lipinski definition) is 5. The Morgan fingerprint density at radius 3 is 2.78 bits per heavy atom. The molecule has 124 valence electrons. The van der Waals surface area contributed by atoms with Crippen LogP contribution < -0.4 is 5.32 Å². The number of benzene rings is 1. The van der Waals surface area contributed by atoms with Crippen molar-refractivity contribution in [2.75, 3.05) is 20.1 Å². The van der Waals surface area contributed by atoms with Gasteiger partial charge in [-0.25, -0.2) is 0 Å². The summed E-state index contributed by atoms with van der Waals surface area (Å²) in [6, 6.07) is 4.85. The molecule has 0 aliphatic heterocycles. The average Bonchev–Trinajstić information content (AvgIpc) is 2.96. The van der Waals surface area contributed by atoms with Crippen molar-refractivity contribution >= 4 is 29.1 Å². The van der Waals surface area contributed by atoms with Crippen LogP contribution in [0.5, 0.6) is 0 Å². The van der Waals surface area contributed by atoms with Gasteiger partial charge in [-0.2, -0.15) is 0 Å². The maximum atomic E-state index is 11.6. The van der Waals surface area contributed by atoms with E-state index >= 15 is 0 Å². The second-order valence-electron chi connectivity index (χ2n) is 5.11. The molecule has 23 heavy (non-hydrogen) atoms. The van der Waals surface area contributed by atoms with Gasteiger partial charge in [-0.05, 0) is 39.1 Å². The molecule has 1 amide bonds. The van der Waals surface area contributed by atoms with E-state index in [-0.39, 0.29) is 18.5 Å². The Balaban J connectivity index is 2.13. The Morgan fingerprint density at radius 2 is 2.13 bits per heavy atom. The Morgan fingerprint density at radius 1 is 1.39 bits per heavy atom. The van der Waals surface area contributed by atoms with E-state index in [2.05, 4.69) is 15.5 Å². The molecule has 1 heterocycles. The van der Waals surface area contributed by atoms with Crippen molar-refractivity contribution < 1.29 is 9.21 Å². The first-order valence-corrected chi connectivity index (χ1v) is 7.93. The van der Waals surface area contributed by atoms with Gasteiger partial charge in [-0.1, -0.05) is 23.2 Å². The number of carbonyl (C=O) groups is 1. The van der Waals surface area contributed by atoms with Crippen LogP contribution in [0.3, 0.4) is 0 Å². The Hall–Kier alpha value is -1.63. The van der Waals surface area contributed by atoms with Crippen molar-refractivity contribution in [2.24, 2.45) is 0 Å². The molecule has 1 N–H and O–H groups in total. The van der Waals surface area contributed by atoms with Crippen molar-refractivity contribution in [1.82, 2.24) is 20.4 Å². The first kappa shape index (κ1) is 17.7. The molecule has 0 spiro atoms. The number of aromatic nitrogens is 2. The lowest BCUT2D eigenvalue weighted by molar-refractivity contribution is -0.122. The molecule has 0 radical (unpaired) electrons.